The Morgan fingerprint density at radius 2 is 1.93 bits per heavy atom. The van der Waals surface area contributed by atoms with Crippen molar-refractivity contribution in [1.29, 1.82) is 0 Å². The lowest BCUT2D eigenvalue weighted by Crippen LogP contribution is -2.20. The van der Waals surface area contributed by atoms with Crippen molar-refractivity contribution in [2.24, 2.45) is 0 Å². The Kier molecular flexibility index (Phi) is 6.12. The molecule has 28 heavy (non-hydrogen) atoms. The number of anilines is 1. The van der Waals surface area contributed by atoms with Crippen molar-refractivity contribution in [2.75, 3.05) is 18.1 Å². The van der Waals surface area contributed by atoms with Crippen LogP contribution in [0.1, 0.15) is 5.56 Å². The van der Waals surface area contributed by atoms with E-state index in [1.165, 1.54) is 24.9 Å². The van der Waals surface area contributed by atoms with Gasteiger partial charge in [0.1, 0.15) is 6.33 Å². The molecular formula is C18H19N5O3S2. The van der Waals surface area contributed by atoms with Crippen molar-refractivity contribution in [3.63, 3.8) is 0 Å². The first-order chi connectivity index (χ1) is 13.4. The fraction of sp³-hybridized carbons (Fsp3) is 0.167. The first kappa shape index (κ1) is 20.1. The molecule has 0 aliphatic rings. The van der Waals surface area contributed by atoms with E-state index in [1.54, 1.807) is 30.0 Å². The van der Waals surface area contributed by atoms with Gasteiger partial charge in [0.15, 0.2) is 5.16 Å². The van der Waals surface area contributed by atoms with Crippen molar-refractivity contribution in [2.45, 2.75) is 17.0 Å². The Hall–Kier alpha value is -2.69. The lowest BCUT2D eigenvalue weighted by molar-refractivity contribution is -0.113. The van der Waals surface area contributed by atoms with E-state index in [9.17, 15) is 13.2 Å². The normalized spacial score (nSPS) is 11.4. The number of rotatable bonds is 7. The van der Waals surface area contributed by atoms with Gasteiger partial charge in [-0.3, -0.25) is 9.36 Å². The minimum Gasteiger partial charge on any atom is -0.325 e. The first-order valence-corrected chi connectivity index (χ1v) is 10.8. The molecule has 0 saturated carbocycles. The number of para-hydroxylation sites is 1. The fourth-order valence-corrected chi connectivity index (χ4v) is 4.22. The molecule has 2 aromatic carbocycles. The predicted octanol–water partition coefficient (Wildman–Crippen LogP) is 2.21. The third-order valence-corrected chi connectivity index (χ3v) is 6.41. The van der Waals surface area contributed by atoms with Crippen molar-refractivity contribution in [3.05, 3.63) is 60.4 Å². The van der Waals surface area contributed by atoms with E-state index < -0.39 is 10.0 Å². The monoisotopic (exact) mass is 417 g/mol. The molecule has 1 heterocycles. The highest BCUT2D eigenvalue weighted by atomic mass is 32.2. The summed E-state index contributed by atoms with van der Waals surface area (Å²) in [6.07, 6.45) is 1.59. The number of benzene rings is 2. The van der Waals surface area contributed by atoms with Gasteiger partial charge >= 0.3 is 0 Å². The molecule has 8 nitrogen and oxygen atoms in total. The molecule has 0 aliphatic carbocycles. The molecule has 1 amide bonds. The topological polar surface area (TPSA) is 106 Å². The lowest BCUT2D eigenvalue weighted by Gasteiger charge is -2.10. The maximum absolute atomic E-state index is 12.3. The number of aryl methyl sites for hydroxylation is 1. The second kappa shape index (κ2) is 8.55. The van der Waals surface area contributed by atoms with E-state index in [0.717, 1.165) is 5.69 Å². The summed E-state index contributed by atoms with van der Waals surface area (Å²) in [5.41, 5.74) is 1.91. The number of hydrogen-bond acceptors (Lipinski definition) is 6. The number of carbonyl (C=O) groups is 1. The Morgan fingerprint density at radius 3 is 2.64 bits per heavy atom. The van der Waals surface area contributed by atoms with Crippen LogP contribution in [0.25, 0.3) is 5.69 Å². The predicted molar refractivity (Wildman–Crippen MR) is 108 cm³/mol. The van der Waals surface area contributed by atoms with Crippen LogP contribution < -0.4 is 10.0 Å². The molecule has 0 spiro atoms. The largest absolute Gasteiger partial charge is 0.325 e. The Labute approximate surface area is 167 Å². The fourth-order valence-electron chi connectivity index (χ4n) is 2.49. The van der Waals surface area contributed by atoms with Gasteiger partial charge in [-0.1, -0.05) is 36.0 Å². The van der Waals surface area contributed by atoms with Crippen LogP contribution in [-0.4, -0.2) is 41.9 Å². The van der Waals surface area contributed by atoms with Gasteiger partial charge in [0.05, 0.1) is 10.6 Å². The summed E-state index contributed by atoms with van der Waals surface area (Å²) in [7, 11) is -2.25. The number of nitrogens with one attached hydrogen (secondary N) is 2. The molecule has 10 heteroatoms. The zero-order valence-corrected chi connectivity index (χ0v) is 16.9. The van der Waals surface area contributed by atoms with E-state index >= 15 is 0 Å². The second-order valence-electron chi connectivity index (χ2n) is 5.84. The summed E-state index contributed by atoms with van der Waals surface area (Å²) in [6, 6.07) is 14.3. The van der Waals surface area contributed by atoms with Gasteiger partial charge in [-0.15, -0.1) is 10.2 Å². The van der Waals surface area contributed by atoms with E-state index in [-0.39, 0.29) is 16.6 Å². The van der Waals surface area contributed by atoms with Gasteiger partial charge < -0.3 is 5.32 Å². The maximum atomic E-state index is 12.3. The summed E-state index contributed by atoms with van der Waals surface area (Å²) >= 11 is 1.24. The van der Waals surface area contributed by atoms with Crippen LogP contribution in [0.4, 0.5) is 5.69 Å². The number of hydrogen-bond donors (Lipinski definition) is 2. The number of thioether (sulfide) groups is 1. The van der Waals surface area contributed by atoms with Crippen LogP contribution in [0.2, 0.25) is 0 Å². The van der Waals surface area contributed by atoms with Crippen LogP contribution >= 0.6 is 11.8 Å². The summed E-state index contributed by atoms with van der Waals surface area (Å²) in [4.78, 5) is 12.4. The Balaban J connectivity index is 1.68. The molecule has 0 fully saturated rings. The number of carbonyl (C=O) groups excluding carboxylic acids is 1. The molecule has 3 rings (SSSR count). The third-order valence-electron chi connectivity index (χ3n) is 3.91. The van der Waals surface area contributed by atoms with Crippen LogP contribution in [0.3, 0.4) is 0 Å². The molecule has 0 unspecified atom stereocenters. The average Bonchev–Trinajstić information content (AvgIpc) is 3.17. The molecule has 0 bridgehead atoms. The van der Waals surface area contributed by atoms with Crippen LogP contribution in [0.5, 0.6) is 0 Å². The SMILES string of the molecule is CNS(=O)(=O)c1cc(NC(=O)CSc2nncn2-c2ccccc2)ccc1C. The van der Waals surface area contributed by atoms with Crippen molar-refractivity contribution in [3.8, 4) is 5.69 Å². The summed E-state index contributed by atoms with van der Waals surface area (Å²) < 4.78 is 28.2. The van der Waals surface area contributed by atoms with Gasteiger partial charge in [0.25, 0.3) is 0 Å². The molecule has 0 saturated heterocycles. The second-order valence-corrected chi connectivity index (χ2v) is 8.64. The standard InChI is InChI=1S/C18H19N5O3S2/c1-13-8-9-14(10-16(13)28(25,26)19-2)21-17(24)11-27-18-22-20-12-23(18)15-6-4-3-5-7-15/h3-10,12,19H,11H2,1-2H3,(H,21,24). The van der Waals surface area contributed by atoms with Crippen LogP contribution in [0, 0.1) is 6.92 Å². The molecule has 146 valence electrons. The van der Waals surface area contributed by atoms with E-state index in [4.69, 9.17) is 0 Å². The van der Waals surface area contributed by atoms with Crippen LogP contribution in [0.15, 0.2) is 64.9 Å². The first-order valence-electron chi connectivity index (χ1n) is 8.33. The summed E-state index contributed by atoms with van der Waals surface area (Å²) in [5.74, 6) is -0.169. The van der Waals surface area contributed by atoms with E-state index in [0.29, 0.717) is 16.4 Å². The Bertz CT molecular complexity index is 1080. The van der Waals surface area contributed by atoms with Gasteiger partial charge in [0, 0.05) is 11.4 Å². The van der Waals surface area contributed by atoms with E-state index in [1.807, 2.05) is 30.3 Å². The van der Waals surface area contributed by atoms with Gasteiger partial charge in [-0.25, -0.2) is 13.1 Å². The summed E-state index contributed by atoms with van der Waals surface area (Å²) in [5, 5.41) is 11.3. The summed E-state index contributed by atoms with van der Waals surface area (Å²) in [6.45, 7) is 1.70. The number of aromatic nitrogens is 3. The van der Waals surface area contributed by atoms with Crippen molar-refractivity contribution >= 4 is 33.4 Å². The molecule has 3 aromatic rings. The molecule has 0 aliphatic heterocycles. The zero-order chi connectivity index (χ0) is 20.1. The van der Waals surface area contributed by atoms with Gasteiger partial charge in [-0.2, -0.15) is 0 Å². The van der Waals surface area contributed by atoms with Gasteiger partial charge in [-0.05, 0) is 43.8 Å². The zero-order valence-electron chi connectivity index (χ0n) is 15.3. The minimum atomic E-state index is -3.60. The van der Waals surface area contributed by atoms with Crippen molar-refractivity contribution < 1.29 is 13.2 Å². The smallest absolute Gasteiger partial charge is 0.240 e. The molecule has 0 radical (unpaired) electrons. The maximum Gasteiger partial charge on any atom is 0.240 e. The quantitative estimate of drug-likeness (QED) is 0.571. The molecule has 0 atom stereocenters. The van der Waals surface area contributed by atoms with E-state index in [2.05, 4.69) is 20.2 Å². The molecular weight excluding hydrogens is 398 g/mol. The number of amides is 1. The highest BCUT2D eigenvalue weighted by Crippen LogP contribution is 2.22. The molecule has 2 N–H and O–H groups in total. The lowest BCUT2D eigenvalue weighted by atomic mass is 10.2. The number of sulfonamides is 1. The molecule has 1 aromatic heterocycles. The van der Waals surface area contributed by atoms with Crippen molar-refractivity contribution in [1.82, 2.24) is 19.5 Å². The average molecular weight is 418 g/mol. The highest BCUT2D eigenvalue weighted by Gasteiger charge is 2.16. The number of nitrogens with zero attached hydrogens (tertiary/aromatic N) is 3. The minimum absolute atomic E-state index is 0.105. The van der Waals surface area contributed by atoms with Crippen LogP contribution in [-0.2, 0) is 14.8 Å². The Morgan fingerprint density at radius 1 is 1.18 bits per heavy atom. The third kappa shape index (κ3) is 4.58. The van der Waals surface area contributed by atoms with Gasteiger partial charge in [0.2, 0.25) is 15.9 Å². The highest BCUT2D eigenvalue weighted by molar-refractivity contribution is 7.99.